The van der Waals surface area contributed by atoms with Gasteiger partial charge in [0.1, 0.15) is 0 Å². The number of H-pyrrole nitrogens is 1. The van der Waals surface area contributed by atoms with Gasteiger partial charge in [-0.15, -0.1) is 5.10 Å². The minimum absolute atomic E-state index is 0.0373. The normalized spacial score (nSPS) is 13.0. The molecule has 1 atom stereocenters. The maximum absolute atomic E-state index is 13.2. The van der Waals surface area contributed by atoms with Gasteiger partial charge in [0.25, 0.3) is 5.56 Å². The van der Waals surface area contributed by atoms with E-state index in [2.05, 4.69) is 97.3 Å². The molecule has 36 heavy (non-hydrogen) atoms. The van der Waals surface area contributed by atoms with E-state index in [4.69, 9.17) is 0 Å². The first-order valence-electron chi connectivity index (χ1n) is 12.9. The first-order chi connectivity index (χ1) is 17.2. The molecule has 0 amide bonds. The molecule has 2 heterocycles. The Kier molecular flexibility index (Phi) is 7.69. The molecule has 1 unspecified atom stereocenters. The Hall–Kier alpha value is -3.32. The molecule has 7 nitrogen and oxygen atoms in total. The van der Waals surface area contributed by atoms with Crippen LogP contribution in [0.25, 0.3) is 10.9 Å². The van der Waals surface area contributed by atoms with E-state index in [1.807, 2.05) is 22.9 Å². The monoisotopic (exact) mass is 486 g/mol. The van der Waals surface area contributed by atoms with Crippen molar-refractivity contribution in [1.29, 1.82) is 0 Å². The Morgan fingerprint density at radius 2 is 1.72 bits per heavy atom. The van der Waals surface area contributed by atoms with E-state index < -0.39 is 0 Å². The number of hydrogen-bond acceptors (Lipinski definition) is 5. The topological polar surface area (TPSA) is 79.7 Å². The first kappa shape index (κ1) is 25.8. The molecule has 1 N–H and O–H groups in total. The summed E-state index contributed by atoms with van der Waals surface area (Å²) in [4.78, 5) is 18.6. The molecule has 4 aromatic rings. The molecule has 0 bridgehead atoms. The van der Waals surface area contributed by atoms with Crippen LogP contribution in [0.2, 0.25) is 0 Å². The molecular weight excluding hydrogens is 448 g/mol. The third kappa shape index (κ3) is 5.57. The van der Waals surface area contributed by atoms with Gasteiger partial charge in [-0.3, -0.25) is 9.69 Å². The van der Waals surface area contributed by atoms with E-state index in [9.17, 15) is 4.79 Å². The molecule has 190 valence electrons. The van der Waals surface area contributed by atoms with Crippen molar-refractivity contribution in [2.75, 3.05) is 0 Å². The molecular formula is C29H38N6O. The molecule has 2 aromatic heterocycles. The molecule has 0 aliphatic heterocycles. The molecule has 0 fully saturated rings. The number of hydrogen-bond donors (Lipinski definition) is 1. The highest BCUT2D eigenvalue weighted by Crippen LogP contribution is 2.31. The van der Waals surface area contributed by atoms with Crippen LogP contribution in [0, 0.1) is 13.8 Å². The molecule has 0 radical (unpaired) electrons. The van der Waals surface area contributed by atoms with Gasteiger partial charge in [0, 0.05) is 24.2 Å². The second-order valence-electron chi connectivity index (χ2n) is 10.5. The number of aryl methyl sites for hydroxylation is 2. The van der Waals surface area contributed by atoms with Crippen molar-refractivity contribution in [2.24, 2.45) is 0 Å². The van der Waals surface area contributed by atoms with E-state index in [0.717, 1.165) is 41.6 Å². The van der Waals surface area contributed by atoms with Crippen LogP contribution in [-0.4, -0.2) is 30.1 Å². The van der Waals surface area contributed by atoms with Gasteiger partial charge < -0.3 is 4.98 Å². The van der Waals surface area contributed by atoms with E-state index in [0.29, 0.717) is 13.1 Å². The van der Waals surface area contributed by atoms with E-state index >= 15 is 0 Å². The fraction of sp³-hybridized carbons (Fsp3) is 0.448. The fourth-order valence-corrected chi connectivity index (χ4v) is 4.64. The summed E-state index contributed by atoms with van der Waals surface area (Å²) in [5, 5.41) is 14.1. The van der Waals surface area contributed by atoms with Crippen molar-refractivity contribution in [3.8, 4) is 0 Å². The Morgan fingerprint density at radius 3 is 2.42 bits per heavy atom. The lowest BCUT2D eigenvalue weighted by molar-refractivity contribution is 0.145. The van der Waals surface area contributed by atoms with Gasteiger partial charge >= 0.3 is 0 Å². The summed E-state index contributed by atoms with van der Waals surface area (Å²) in [5.74, 6) is 0.851. The van der Waals surface area contributed by atoms with Gasteiger partial charge in [-0.25, -0.2) is 4.68 Å². The Morgan fingerprint density at radius 1 is 1.00 bits per heavy atom. The number of tetrazole rings is 1. The maximum atomic E-state index is 13.2. The van der Waals surface area contributed by atoms with Crippen LogP contribution in [0.4, 0.5) is 0 Å². The first-order valence-corrected chi connectivity index (χ1v) is 12.9. The highest BCUT2D eigenvalue weighted by Gasteiger charge is 2.31. The largest absolute Gasteiger partial charge is 0.322 e. The predicted octanol–water partition coefficient (Wildman–Crippen LogP) is 5.82. The Labute approximate surface area is 213 Å². The van der Waals surface area contributed by atoms with Crippen LogP contribution in [0.3, 0.4) is 0 Å². The average Bonchev–Trinajstić information content (AvgIpc) is 3.35. The number of pyridine rings is 1. The summed E-state index contributed by atoms with van der Waals surface area (Å²) in [7, 11) is 0. The number of rotatable bonds is 10. The van der Waals surface area contributed by atoms with Gasteiger partial charge in [-0.05, 0) is 80.1 Å². The van der Waals surface area contributed by atoms with Crippen LogP contribution in [0.15, 0.2) is 53.3 Å². The number of fused-ring (bicyclic) bond motifs is 1. The smallest absolute Gasteiger partial charge is 0.252 e. The summed E-state index contributed by atoms with van der Waals surface area (Å²) in [6.07, 6.45) is 2.77. The van der Waals surface area contributed by atoms with Crippen molar-refractivity contribution in [2.45, 2.75) is 85.5 Å². The van der Waals surface area contributed by atoms with Gasteiger partial charge in [0.15, 0.2) is 5.82 Å². The lowest BCUT2D eigenvalue weighted by Crippen LogP contribution is -2.36. The van der Waals surface area contributed by atoms with Gasteiger partial charge in [0.2, 0.25) is 0 Å². The number of nitrogens with zero attached hydrogens (tertiary/aromatic N) is 5. The van der Waals surface area contributed by atoms with Gasteiger partial charge in [-0.1, -0.05) is 61.7 Å². The number of aromatic amines is 1. The van der Waals surface area contributed by atoms with Crippen molar-refractivity contribution in [3.63, 3.8) is 0 Å². The van der Waals surface area contributed by atoms with Crippen molar-refractivity contribution in [1.82, 2.24) is 30.1 Å². The lowest BCUT2D eigenvalue weighted by atomic mass is 10.00. The molecule has 0 aliphatic rings. The molecule has 0 saturated carbocycles. The van der Waals surface area contributed by atoms with E-state index in [-0.39, 0.29) is 17.1 Å². The van der Waals surface area contributed by atoms with Crippen LogP contribution >= 0.6 is 0 Å². The molecule has 0 saturated heterocycles. The zero-order valence-electron chi connectivity index (χ0n) is 22.4. The quantitative estimate of drug-likeness (QED) is 0.305. The van der Waals surface area contributed by atoms with Crippen LogP contribution < -0.4 is 5.56 Å². The lowest BCUT2D eigenvalue weighted by Gasteiger charge is -2.33. The third-order valence-corrected chi connectivity index (χ3v) is 7.19. The molecule has 2 aromatic carbocycles. The Bertz CT molecular complexity index is 1370. The summed E-state index contributed by atoms with van der Waals surface area (Å²) in [5.41, 5.74) is 4.94. The van der Waals surface area contributed by atoms with Crippen molar-refractivity contribution < 1.29 is 0 Å². The molecule has 7 heteroatoms. The van der Waals surface area contributed by atoms with Crippen LogP contribution in [0.5, 0.6) is 0 Å². The SMILES string of the molecule is CCCC(c1nnnn1C(C)(C)CC)N(Cc1ccc(C)cc1)Cc1cc2cc(C)ccc2[nH]c1=O. The second-order valence-corrected chi connectivity index (χ2v) is 10.5. The fourth-order valence-electron chi connectivity index (χ4n) is 4.64. The molecule has 4 rings (SSSR count). The number of aromatic nitrogens is 5. The average molecular weight is 487 g/mol. The molecule has 0 aliphatic carbocycles. The third-order valence-electron chi connectivity index (χ3n) is 7.19. The molecule has 0 spiro atoms. The van der Waals surface area contributed by atoms with Crippen molar-refractivity contribution >= 4 is 10.9 Å². The summed E-state index contributed by atoms with van der Waals surface area (Å²) >= 11 is 0. The highest BCUT2D eigenvalue weighted by atomic mass is 16.1. The standard InChI is InChI=1S/C29H38N6O/c1-7-9-26(27-31-32-33-35(27)29(5,6)8-2)34(18-22-13-10-20(3)11-14-22)19-24-17-23-16-21(4)12-15-25(23)30-28(24)36/h10-17,26H,7-9,18-19H2,1-6H3,(H,30,36). The second kappa shape index (κ2) is 10.7. The minimum Gasteiger partial charge on any atom is -0.322 e. The summed E-state index contributed by atoms with van der Waals surface area (Å²) in [6.45, 7) is 14.0. The van der Waals surface area contributed by atoms with Crippen LogP contribution in [-0.2, 0) is 18.6 Å². The zero-order chi connectivity index (χ0) is 25.9. The maximum Gasteiger partial charge on any atom is 0.252 e. The van der Waals surface area contributed by atoms with E-state index in [1.165, 1.54) is 16.7 Å². The minimum atomic E-state index is -0.210. The highest BCUT2D eigenvalue weighted by molar-refractivity contribution is 5.79. The van der Waals surface area contributed by atoms with Crippen LogP contribution in [0.1, 0.15) is 81.1 Å². The van der Waals surface area contributed by atoms with Crippen molar-refractivity contribution in [3.05, 3.63) is 87.0 Å². The summed E-state index contributed by atoms with van der Waals surface area (Å²) in [6, 6.07) is 16.7. The summed E-state index contributed by atoms with van der Waals surface area (Å²) < 4.78 is 1.98. The Balaban J connectivity index is 1.80. The van der Waals surface area contributed by atoms with Gasteiger partial charge in [0.05, 0.1) is 11.6 Å². The number of benzene rings is 2. The van der Waals surface area contributed by atoms with E-state index in [1.54, 1.807) is 0 Å². The zero-order valence-corrected chi connectivity index (χ0v) is 22.4. The van der Waals surface area contributed by atoms with Gasteiger partial charge in [-0.2, -0.15) is 0 Å². The predicted molar refractivity (Wildman–Crippen MR) is 145 cm³/mol. The number of nitrogens with one attached hydrogen (secondary N) is 1.